The molecule has 5 nitrogen and oxygen atoms in total. The maximum atomic E-state index is 11.6. The summed E-state index contributed by atoms with van der Waals surface area (Å²) in [4.78, 5) is 23.1. The summed E-state index contributed by atoms with van der Waals surface area (Å²) >= 11 is 0. The van der Waals surface area contributed by atoms with Crippen LogP contribution in [0.3, 0.4) is 0 Å². The largest absolute Gasteiger partial charge is 0.354 e. The van der Waals surface area contributed by atoms with Crippen molar-refractivity contribution >= 4 is 24.2 Å². The quantitative estimate of drug-likeness (QED) is 0.649. The van der Waals surface area contributed by atoms with Gasteiger partial charge in [-0.25, -0.2) is 0 Å². The first-order valence-electron chi connectivity index (χ1n) is 6.70. The molecule has 0 heterocycles. The van der Waals surface area contributed by atoms with Gasteiger partial charge < -0.3 is 16.4 Å². The van der Waals surface area contributed by atoms with Crippen molar-refractivity contribution in [1.82, 2.24) is 10.6 Å². The van der Waals surface area contributed by atoms with E-state index in [9.17, 15) is 9.59 Å². The predicted octanol–water partition coefficient (Wildman–Crippen LogP) is 0.814. The van der Waals surface area contributed by atoms with Gasteiger partial charge in [0.2, 0.25) is 11.8 Å². The van der Waals surface area contributed by atoms with Crippen LogP contribution in [0.4, 0.5) is 0 Å². The normalized spacial score (nSPS) is 17.3. The molecular weight excluding hydrogens is 266 g/mol. The van der Waals surface area contributed by atoms with Gasteiger partial charge in [-0.2, -0.15) is 0 Å². The Kier molecular flexibility index (Phi) is 7.37. The van der Waals surface area contributed by atoms with Crippen molar-refractivity contribution in [1.29, 1.82) is 0 Å². The van der Waals surface area contributed by atoms with Crippen molar-refractivity contribution < 1.29 is 9.59 Å². The third-order valence-electron chi connectivity index (χ3n) is 3.81. The SMILES string of the molecule is CCC1(CNC(=O)CNC(=O)[C@@H](N)C(C)C)CC1.Cl. The van der Waals surface area contributed by atoms with Gasteiger partial charge in [0.1, 0.15) is 0 Å². The Morgan fingerprint density at radius 2 is 1.84 bits per heavy atom. The lowest BCUT2D eigenvalue weighted by Gasteiger charge is -2.16. The molecule has 0 spiro atoms. The molecule has 4 N–H and O–H groups in total. The fourth-order valence-electron chi connectivity index (χ4n) is 1.77. The molecule has 0 aromatic heterocycles. The highest BCUT2D eigenvalue weighted by atomic mass is 35.5. The minimum Gasteiger partial charge on any atom is -0.354 e. The molecule has 0 bridgehead atoms. The van der Waals surface area contributed by atoms with Crippen molar-refractivity contribution in [2.45, 2.75) is 46.1 Å². The Bertz CT molecular complexity index is 317. The summed E-state index contributed by atoms with van der Waals surface area (Å²) in [5.74, 6) is -0.335. The number of rotatable bonds is 7. The third kappa shape index (κ3) is 5.78. The van der Waals surface area contributed by atoms with E-state index >= 15 is 0 Å². The van der Waals surface area contributed by atoms with Gasteiger partial charge >= 0.3 is 0 Å². The van der Waals surface area contributed by atoms with E-state index in [1.54, 1.807) is 0 Å². The van der Waals surface area contributed by atoms with Crippen LogP contribution in [0, 0.1) is 11.3 Å². The topological polar surface area (TPSA) is 84.2 Å². The van der Waals surface area contributed by atoms with Crippen molar-refractivity contribution in [3.05, 3.63) is 0 Å². The molecule has 0 saturated heterocycles. The molecule has 1 fully saturated rings. The lowest BCUT2D eigenvalue weighted by Crippen LogP contribution is -2.47. The number of amides is 2. The molecule has 2 amide bonds. The van der Waals surface area contributed by atoms with E-state index in [-0.39, 0.29) is 36.7 Å². The smallest absolute Gasteiger partial charge is 0.239 e. The molecule has 1 atom stereocenters. The van der Waals surface area contributed by atoms with Crippen molar-refractivity contribution in [3.8, 4) is 0 Å². The van der Waals surface area contributed by atoms with E-state index in [4.69, 9.17) is 5.73 Å². The Labute approximate surface area is 121 Å². The van der Waals surface area contributed by atoms with Crippen LogP contribution in [0.5, 0.6) is 0 Å². The molecular formula is C13H26ClN3O2. The van der Waals surface area contributed by atoms with Gasteiger partial charge in [0.25, 0.3) is 0 Å². The first-order valence-corrected chi connectivity index (χ1v) is 6.70. The maximum absolute atomic E-state index is 11.6. The van der Waals surface area contributed by atoms with Crippen LogP contribution in [0.1, 0.15) is 40.0 Å². The van der Waals surface area contributed by atoms with Crippen molar-refractivity contribution in [3.63, 3.8) is 0 Å². The van der Waals surface area contributed by atoms with E-state index in [1.165, 1.54) is 12.8 Å². The highest BCUT2D eigenvalue weighted by Crippen LogP contribution is 2.47. The number of carbonyl (C=O) groups is 2. The number of carbonyl (C=O) groups excluding carboxylic acids is 2. The maximum Gasteiger partial charge on any atom is 0.239 e. The number of hydrogen-bond acceptors (Lipinski definition) is 3. The Balaban J connectivity index is 0.00000324. The van der Waals surface area contributed by atoms with E-state index < -0.39 is 6.04 Å². The van der Waals surface area contributed by atoms with E-state index in [0.717, 1.165) is 6.42 Å². The highest BCUT2D eigenvalue weighted by molar-refractivity contribution is 5.87. The van der Waals surface area contributed by atoms with Gasteiger partial charge in [0, 0.05) is 6.54 Å². The summed E-state index contributed by atoms with van der Waals surface area (Å²) in [5.41, 5.74) is 6.00. The molecule has 0 unspecified atom stereocenters. The first-order chi connectivity index (χ1) is 8.40. The van der Waals surface area contributed by atoms with Gasteiger partial charge in [-0.1, -0.05) is 20.8 Å². The molecule has 0 aliphatic heterocycles. The van der Waals surface area contributed by atoms with Gasteiger partial charge in [-0.05, 0) is 30.6 Å². The molecule has 112 valence electrons. The summed E-state index contributed by atoms with van der Waals surface area (Å²) in [5, 5.41) is 5.43. The second-order valence-corrected chi connectivity index (χ2v) is 5.62. The number of hydrogen-bond donors (Lipinski definition) is 3. The number of nitrogens with two attached hydrogens (primary N) is 1. The summed E-state index contributed by atoms with van der Waals surface area (Å²) in [6.45, 7) is 6.63. The summed E-state index contributed by atoms with van der Waals surface area (Å²) < 4.78 is 0. The summed E-state index contributed by atoms with van der Waals surface area (Å²) in [6.07, 6.45) is 3.47. The summed E-state index contributed by atoms with van der Waals surface area (Å²) in [6, 6.07) is -0.553. The van der Waals surface area contributed by atoms with Crippen molar-refractivity contribution in [2.75, 3.05) is 13.1 Å². The minimum absolute atomic E-state index is 0. The van der Waals surface area contributed by atoms with Crippen LogP contribution in [0.2, 0.25) is 0 Å². The molecule has 0 radical (unpaired) electrons. The van der Waals surface area contributed by atoms with Crippen LogP contribution in [-0.4, -0.2) is 30.9 Å². The van der Waals surface area contributed by atoms with Gasteiger partial charge in [-0.3, -0.25) is 9.59 Å². The average Bonchev–Trinajstić information content (AvgIpc) is 3.13. The number of nitrogens with one attached hydrogen (secondary N) is 2. The molecule has 0 aromatic rings. The fourth-order valence-corrected chi connectivity index (χ4v) is 1.77. The zero-order valence-corrected chi connectivity index (χ0v) is 12.8. The first kappa shape index (κ1) is 18.2. The second kappa shape index (κ2) is 7.70. The third-order valence-corrected chi connectivity index (χ3v) is 3.81. The highest BCUT2D eigenvalue weighted by Gasteiger charge is 2.40. The second-order valence-electron chi connectivity index (χ2n) is 5.62. The van der Waals surface area contributed by atoms with Crippen LogP contribution >= 0.6 is 12.4 Å². The predicted molar refractivity (Wildman–Crippen MR) is 78.0 cm³/mol. The molecule has 1 aliphatic rings. The number of halogens is 1. The van der Waals surface area contributed by atoms with Gasteiger partial charge in [0.15, 0.2) is 0 Å². The lowest BCUT2D eigenvalue weighted by atomic mass is 10.0. The molecule has 0 aromatic carbocycles. The zero-order chi connectivity index (χ0) is 13.8. The molecule has 19 heavy (non-hydrogen) atoms. The lowest BCUT2D eigenvalue weighted by molar-refractivity contribution is -0.127. The zero-order valence-electron chi connectivity index (χ0n) is 12.0. The van der Waals surface area contributed by atoms with Crippen LogP contribution in [0.25, 0.3) is 0 Å². The van der Waals surface area contributed by atoms with Crippen molar-refractivity contribution in [2.24, 2.45) is 17.1 Å². The van der Waals surface area contributed by atoms with Crippen LogP contribution < -0.4 is 16.4 Å². The van der Waals surface area contributed by atoms with Gasteiger partial charge in [-0.15, -0.1) is 12.4 Å². The van der Waals surface area contributed by atoms with Gasteiger partial charge in [0.05, 0.1) is 12.6 Å². The van der Waals surface area contributed by atoms with E-state index in [1.807, 2.05) is 13.8 Å². The van der Waals surface area contributed by atoms with Crippen LogP contribution in [0.15, 0.2) is 0 Å². The standard InChI is InChI=1S/C13H25N3O2.ClH/c1-4-13(5-6-13)8-16-10(17)7-15-12(18)11(14)9(2)3;/h9,11H,4-8,14H2,1-3H3,(H,15,18)(H,16,17);1H/t11-;/m0./s1. The van der Waals surface area contributed by atoms with E-state index in [2.05, 4.69) is 17.6 Å². The molecule has 1 rings (SSSR count). The molecule has 6 heteroatoms. The van der Waals surface area contributed by atoms with Crippen LogP contribution in [-0.2, 0) is 9.59 Å². The Morgan fingerprint density at radius 3 is 2.26 bits per heavy atom. The fraction of sp³-hybridized carbons (Fsp3) is 0.846. The summed E-state index contributed by atoms with van der Waals surface area (Å²) in [7, 11) is 0. The Morgan fingerprint density at radius 1 is 1.26 bits per heavy atom. The molecule has 1 saturated carbocycles. The molecule has 1 aliphatic carbocycles. The monoisotopic (exact) mass is 291 g/mol. The minimum atomic E-state index is -0.553. The Hall–Kier alpha value is -0.810. The van der Waals surface area contributed by atoms with E-state index in [0.29, 0.717) is 12.0 Å². The average molecular weight is 292 g/mol.